The molecular formula is C26H32N2O6. The fourth-order valence-electron chi connectivity index (χ4n) is 3.83. The van der Waals surface area contributed by atoms with Crippen molar-refractivity contribution in [2.24, 2.45) is 4.99 Å². The van der Waals surface area contributed by atoms with E-state index in [0.29, 0.717) is 42.6 Å². The van der Waals surface area contributed by atoms with Crippen molar-refractivity contribution in [2.45, 2.75) is 38.0 Å². The predicted molar refractivity (Wildman–Crippen MR) is 130 cm³/mol. The molecule has 2 N–H and O–H groups in total. The zero-order valence-electron chi connectivity index (χ0n) is 19.9. The molecule has 0 saturated carbocycles. The van der Waals surface area contributed by atoms with Gasteiger partial charge in [-0.15, -0.1) is 6.58 Å². The first-order chi connectivity index (χ1) is 16.5. The van der Waals surface area contributed by atoms with Gasteiger partial charge in [0.05, 0.1) is 20.8 Å². The first-order valence-electron chi connectivity index (χ1n) is 11.2. The standard InChI is InChI=1S/C26H32N2O6/c1-5-14-26(25(30)27-17-20-8-6-9-22(31-3)23(20)32-4)18(2)34-24(28-26)19-10-12-21(13-11-19)33-16-7-15-29/h5-6,8-13,18,29H,1,7,14-17H2,2-4H3,(H,27,30)/t18-,26-/m1/s1. The van der Waals surface area contributed by atoms with Crippen molar-refractivity contribution >= 4 is 11.8 Å². The Labute approximate surface area is 200 Å². The van der Waals surface area contributed by atoms with E-state index in [2.05, 4.69) is 11.9 Å². The molecule has 1 aliphatic rings. The zero-order valence-corrected chi connectivity index (χ0v) is 19.9. The van der Waals surface area contributed by atoms with Gasteiger partial charge < -0.3 is 29.4 Å². The van der Waals surface area contributed by atoms with Crippen molar-refractivity contribution in [1.29, 1.82) is 0 Å². The van der Waals surface area contributed by atoms with Crippen molar-refractivity contribution in [1.82, 2.24) is 5.32 Å². The quantitative estimate of drug-likeness (QED) is 0.367. The van der Waals surface area contributed by atoms with Gasteiger partial charge >= 0.3 is 0 Å². The summed E-state index contributed by atoms with van der Waals surface area (Å²) < 4.78 is 22.4. The maximum atomic E-state index is 13.4. The van der Waals surface area contributed by atoms with Gasteiger partial charge in [-0.05, 0) is 37.3 Å². The third kappa shape index (κ3) is 5.34. The van der Waals surface area contributed by atoms with Crippen LogP contribution in [0.4, 0.5) is 0 Å². The monoisotopic (exact) mass is 468 g/mol. The summed E-state index contributed by atoms with van der Waals surface area (Å²) in [6.45, 7) is 6.42. The SMILES string of the molecule is C=CC[C@@]1(C(=O)NCc2cccc(OC)c2OC)N=C(c2ccc(OCCCO)cc2)O[C@@H]1C. The molecule has 0 fully saturated rings. The topological polar surface area (TPSA) is 98.6 Å². The van der Waals surface area contributed by atoms with E-state index in [4.69, 9.17) is 29.0 Å². The van der Waals surface area contributed by atoms with Crippen LogP contribution in [-0.4, -0.2) is 56.0 Å². The van der Waals surface area contributed by atoms with Crippen LogP contribution in [0.1, 0.15) is 30.9 Å². The van der Waals surface area contributed by atoms with Crippen LogP contribution >= 0.6 is 0 Å². The molecule has 8 nitrogen and oxygen atoms in total. The number of aliphatic imine (C=N–C) groups is 1. The van der Waals surface area contributed by atoms with Gasteiger partial charge in [0.25, 0.3) is 5.91 Å². The Kier molecular flexibility index (Phi) is 8.54. The Morgan fingerprint density at radius 1 is 1.24 bits per heavy atom. The van der Waals surface area contributed by atoms with E-state index in [1.54, 1.807) is 26.4 Å². The highest BCUT2D eigenvalue weighted by atomic mass is 16.5. The number of benzene rings is 2. The van der Waals surface area contributed by atoms with Crippen molar-refractivity contribution < 1.29 is 28.8 Å². The normalized spacial score (nSPS) is 19.1. The summed E-state index contributed by atoms with van der Waals surface area (Å²) >= 11 is 0. The first-order valence-corrected chi connectivity index (χ1v) is 11.2. The van der Waals surface area contributed by atoms with Gasteiger partial charge in [0, 0.05) is 37.1 Å². The molecule has 1 aliphatic heterocycles. The van der Waals surface area contributed by atoms with E-state index in [0.717, 1.165) is 11.1 Å². The summed E-state index contributed by atoms with van der Waals surface area (Å²) in [5, 5.41) is 11.9. The Bertz CT molecular complexity index is 1020. The van der Waals surface area contributed by atoms with Crippen LogP contribution in [0.25, 0.3) is 0 Å². The number of nitrogens with zero attached hydrogens (tertiary/aromatic N) is 1. The van der Waals surface area contributed by atoms with E-state index in [1.165, 1.54) is 0 Å². The summed E-state index contributed by atoms with van der Waals surface area (Å²) in [6.07, 6.45) is 2.07. The molecule has 3 rings (SSSR count). The molecular weight excluding hydrogens is 436 g/mol. The number of carbonyl (C=O) groups excluding carboxylic acids is 1. The van der Waals surface area contributed by atoms with Crippen LogP contribution in [0.3, 0.4) is 0 Å². The maximum absolute atomic E-state index is 13.4. The number of ether oxygens (including phenoxy) is 4. The van der Waals surface area contributed by atoms with Crippen LogP contribution in [0.5, 0.6) is 17.2 Å². The molecule has 0 spiro atoms. The van der Waals surface area contributed by atoms with E-state index in [9.17, 15) is 4.79 Å². The van der Waals surface area contributed by atoms with Crippen molar-refractivity contribution in [3.63, 3.8) is 0 Å². The van der Waals surface area contributed by atoms with E-state index >= 15 is 0 Å². The number of rotatable bonds is 12. The predicted octanol–water partition coefficient (Wildman–Crippen LogP) is 3.26. The number of hydrogen-bond donors (Lipinski definition) is 2. The fourth-order valence-corrected chi connectivity index (χ4v) is 3.83. The van der Waals surface area contributed by atoms with Crippen molar-refractivity contribution in [3.05, 3.63) is 66.2 Å². The molecule has 2 aromatic carbocycles. The van der Waals surface area contributed by atoms with E-state index < -0.39 is 11.6 Å². The van der Waals surface area contributed by atoms with Gasteiger partial charge in [-0.25, -0.2) is 4.99 Å². The molecule has 2 aromatic rings. The number of aliphatic hydroxyl groups excluding tert-OH is 1. The molecule has 0 aliphatic carbocycles. The second-order valence-corrected chi connectivity index (χ2v) is 7.88. The molecule has 1 heterocycles. The molecule has 34 heavy (non-hydrogen) atoms. The zero-order chi connectivity index (χ0) is 24.6. The number of methoxy groups -OCH3 is 2. The molecule has 8 heteroatoms. The lowest BCUT2D eigenvalue weighted by Gasteiger charge is -2.27. The molecule has 0 saturated heterocycles. The van der Waals surface area contributed by atoms with Gasteiger partial charge in [-0.3, -0.25) is 4.79 Å². The summed E-state index contributed by atoms with van der Waals surface area (Å²) in [5.74, 6) is 1.99. The highest BCUT2D eigenvalue weighted by Crippen LogP contribution is 2.34. The number of nitrogens with one attached hydrogen (secondary N) is 1. The lowest BCUT2D eigenvalue weighted by Crippen LogP contribution is -2.50. The highest BCUT2D eigenvalue weighted by molar-refractivity contribution is 6.00. The molecule has 0 radical (unpaired) electrons. The summed E-state index contributed by atoms with van der Waals surface area (Å²) in [4.78, 5) is 18.1. The number of aliphatic hydroxyl groups is 1. The average Bonchev–Trinajstić information content (AvgIpc) is 3.19. The Balaban J connectivity index is 1.79. The van der Waals surface area contributed by atoms with E-state index in [1.807, 2.05) is 43.3 Å². The third-order valence-electron chi connectivity index (χ3n) is 5.71. The lowest BCUT2D eigenvalue weighted by molar-refractivity contribution is -0.128. The van der Waals surface area contributed by atoms with Gasteiger partial charge in [-0.2, -0.15) is 0 Å². The van der Waals surface area contributed by atoms with Gasteiger partial charge in [-0.1, -0.05) is 18.2 Å². The fraction of sp³-hybridized carbons (Fsp3) is 0.385. The second kappa shape index (κ2) is 11.6. The first kappa shape index (κ1) is 25.1. The van der Waals surface area contributed by atoms with Gasteiger partial charge in [0.1, 0.15) is 11.9 Å². The van der Waals surface area contributed by atoms with E-state index in [-0.39, 0.29) is 19.1 Å². The minimum atomic E-state index is -1.14. The minimum Gasteiger partial charge on any atom is -0.494 e. The van der Waals surface area contributed by atoms with Crippen LogP contribution < -0.4 is 19.5 Å². The highest BCUT2D eigenvalue weighted by Gasteiger charge is 2.49. The summed E-state index contributed by atoms with van der Waals surface area (Å²) in [6, 6.07) is 12.8. The number of amides is 1. The van der Waals surface area contributed by atoms with Crippen molar-refractivity contribution in [2.75, 3.05) is 27.4 Å². The number of hydrogen-bond acceptors (Lipinski definition) is 7. The molecule has 182 valence electrons. The van der Waals surface area contributed by atoms with Gasteiger partial charge in [0.15, 0.2) is 17.0 Å². The summed E-state index contributed by atoms with van der Waals surface area (Å²) in [7, 11) is 3.13. The molecule has 2 atom stereocenters. The Hall–Kier alpha value is -3.52. The van der Waals surface area contributed by atoms with Crippen LogP contribution in [-0.2, 0) is 16.1 Å². The largest absolute Gasteiger partial charge is 0.494 e. The number of carbonyl (C=O) groups is 1. The minimum absolute atomic E-state index is 0.0820. The smallest absolute Gasteiger partial charge is 0.252 e. The van der Waals surface area contributed by atoms with Crippen LogP contribution in [0, 0.1) is 0 Å². The van der Waals surface area contributed by atoms with Crippen LogP contribution in [0.15, 0.2) is 60.1 Å². The van der Waals surface area contributed by atoms with Crippen LogP contribution in [0.2, 0.25) is 0 Å². The molecule has 0 aromatic heterocycles. The molecule has 1 amide bonds. The maximum Gasteiger partial charge on any atom is 0.252 e. The molecule has 0 unspecified atom stereocenters. The second-order valence-electron chi connectivity index (χ2n) is 7.88. The van der Waals surface area contributed by atoms with Gasteiger partial charge in [0.2, 0.25) is 5.90 Å². The lowest BCUT2D eigenvalue weighted by atomic mass is 9.89. The number of para-hydroxylation sites is 1. The Morgan fingerprint density at radius 2 is 2.00 bits per heavy atom. The third-order valence-corrected chi connectivity index (χ3v) is 5.71. The van der Waals surface area contributed by atoms with Crippen molar-refractivity contribution in [3.8, 4) is 17.2 Å². The molecule has 0 bridgehead atoms. The summed E-state index contributed by atoms with van der Waals surface area (Å²) in [5.41, 5.74) is 0.394. The Morgan fingerprint density at radius 3 is 2.65 bits per heavy atom. The average molecular weight is 469 g/mol.